The molecule has 0 bridgehead atoms. The SMILES string of the molecule is CC(=O)OC[C@H]1O[C@@H](O[C@H]2C[C@]3(C)[C@H](C[C@@H](O)[C@@H]4C([C@]5(C)CC[C@@H](C(C)(C)O)O5)CC[C@]43C)[C@@]3(C)CC[C@H](O)C(C)(C)[C@H]23)[C@H](O[C@@H]2O[C@@H](C)[C@H](O)[C@@H](O)[C@H]2O)[C@@H](O)[C@@H]1O. The van der Waals surface area contributed by atoms with Crippen molar-refractivity contribution in [3.63, 3.8) is 0 Å². The molecular formula is C44H74O15. The lowest BCUT2D eigenvalue weighted by Crippen LogP contribution is -2.71. The summed E-state index contributed by atoms with van der Waals surface area (Å²) >= 11 is 0. The van der Waals surface area contributed by atoms with Crippen LogP contribution in [-0.4, -0.2) is 150 Å². The van der Waals surface area contributed by atoms with E-state index in [1.165, 1.54) is 13.8 Å². The molecule has 15 nitrogen and oxygen atoms in total. The van der Waals surface area contributed by atoms with Gasteiger partial charge in [-0.3, -0.25) is 4.79 Å². The molecule has 7 aliphatic rings. The van der Waals surface area contributed by atoms with E-state index in [2.05, 4.69) is 27.7 Å². The molecule has 15 heteroatoms. The third-order valence-corrected chi connectivity index (χ3v) is 17.6. The van der Waals surface area contributed by atoms with Crippen LogP contribution in [0.15, 0.2) is 0 Å². The number of hydrogen-bond acceptors (Lipinski definition) is 15. The first-order chi connectivity index (χ1) is 27.2. The second kappa shape index (κ2) is 15.6. The van der Waals surface area contributed by atoms with Gasteiger partial charge >= 0.3 is 5.97 Å². The molecule has 4 saturated carbocycles. The Kier molecular flexibility index (Phi) is 12.1. The molecule has 0 spiro atoms. The second-order valence-electron chi connectivity index (χ2n) is 21.8. The van der Waals surface area contributed by atoms with Crippen LogP contribution in [0, 0.1) is 45.3 Å². The van der Waals surface area contributed by atoms with Crippen molar-refractivity contribution >= 4 is 5.97 Å². The van der Waals surface area contributed by atoms with E-state index < -0.39 is 120 Å². The number of aliphatic hydroxyl groups is 8. The van der Waals surface area contributed by atoms with Gasteiger partial charge in [0.05, 0.1) is 41.7 Å². The van der Waals surface area contributed by atoms with Gasteiger partial charge in [0.25, 0.3) is 0 Å². The van der Waals surface area contributed by atoms with E-state index in [0.717, 1.165) is 25.7 Å². The van der Waals surface area contributed by atoms with Gasteiger partial charge in [0, 0.05) is 6.92 Å². The van der Waals surface area contributed by atoms with E-state index in [9.17, 15) is 45.6 Å². The molecule has 4 aliphatic carbocycles. The Bertz CT molecular complexity index is 1540. The molecule has 0 aromatic carbocycles. The maximum atomic E-state index is 12.4. The lowest BCUT2D eigenvalue weighted by atomic mass is 9.34. The van der Waals surface area contributed by atoms with Gasteiger partial charge in [-0.2, -0.15) is 0 Å². The van der Waals surface area contributed by atoms with Crippen LogP contribution in [0.2, 0.25) is 0 Å². The summed E-state index contributed by atoms with van der Waals surface area (Å²) in [5, 5.41) is 90.1. The van der Waals surface area contributed by atoms with Crippen LogP contribution in [0.25, 0.3) is 0 Å². The minimum atomic E-state index is -1.72. The van der Waals surface area contributed by atoms with Crippen LogP contribution >= 0.6 is 0 Å². The molecule has 0 aromatic rings. The molecule has 1 unspecified atom stereocenters. The molecule has 3 saturated heterocycles. The number of ether oxygens (including phenoxy) is 6. The minimum Gasteiger partial charge on any atom is -0.463 e. The number of fused-ring (bicyclic) bond motifs is 5. The summed E-state index contributed by atoms with van der Waals surface area (Å²) in [6, 6.07) is 0. The molecule has 59 heavy (non-hydrogen) atoms. The molecule has 8 N–H and O–H groups in total. The topological polar surface area (TPSA) is 234 Å². The van der Waals surface area contributed by atoms with Gasteiger partial charge in [0.1, 0.15) is 49.3 Å². The molecule has 0 radical (unpaired) electrons. The summed E-state index contributed by atoms with van der Waals surface area (Å²) in [6.07, 6.45) is -11.5. The third kappa shape index (κ3) is 7.35. The molecule has 340 valence electrons. The van der Waals surface area contributed by atoms with Crippen LogP contribution in [-0.2, 0) is 33.2 Å². The molecule has 0 aromatic heterocycles. The van der Waals surface area contributed by atoms with Gasteiger partial charge in [-0.1, -0.05) is 34.6 Å². The largest absolute Gasteiger partial charge is 0.463 e. The molecule has 3 aliphatic heterocycles. The zero-order chi connectivity index (χ0) is 43.6. The van der Waals surface area contributed by atoms with Gasteiger partial charge in [0.2, 0.25) is 0 Å². The zero-order valence-electron chi connectivity index (χ0n) is 36.7. The van der Waals surface area contributed by atoms with Crippen molar-refractivity contribution < 1.29 is 74.1 Å². The molecule has 0 amide bonds. The number of aliphatic hydroxyl groups excluding tert-OH is 7. The van der Waals surface area contributed by atoms with E-state index in [0.29, 0.717) is 25.7 Å². The Morgan fingerprint density at radius 3 is 2.08 bits per heavy atom. The van der Waals surface area contributed by atoms with Gasteiger partial charge in [-0.05, 0) is 124 Å². The Labute approximate surface area is 349 Å². The number of hydrogen-bond donors (Lipinski definition) is 8. The normalized spacial score (nSPS) is 54.9. The van der Waals surface area contributed by atoms with E-state index >= 15 is 0 Å². The second-order valence-corrected chi connectivity index (χ2v) is 21.8. The Morgan fingerprint density at radius 1 is 0.780 bits per heavy atom. The summed E-state index contributed by atoms with van der Waals surface area (Å²) in [7, 11) is 0. The standard InChI is InChI=1S/C44H74O15/c1-20-30(48)32(50)34(52)37(55-20)58-35-33(51)31(49)25(19-54-21(2)45)57-38(35)56-24-18-43(9)26(41(7)14-12-27(47)39(3,4)36(24)41)17-23(46)29-22(11-15-42(29,43)8)44(10)16-13-28(59-44)40(5,6)53/h20,22-38,46-53H,11-19H2,1-10H3/t20-,22?,23+,24-,25+,26+,27-,28-,29-,30-,31+,32+,33-,34+,35+,36-,37-,38+,41+,42+,43+,44-/m0/s1. The van der Waals surface area contributed by atoms with Crippen LogP contribution < -0.4 is 0 Å². The lowest BCUT2D eigenvalue weighted by Gasteiger charge is -2.72. The number of esters is 1. The number of rotatable bonds is 8. The highest BCUT2D eigenvalue weighted by Crippen LogP contribution is 2.76. The van der Waals surface area contributed by atoms with E-state index in [1.807, 2.05) is 13.8 Å². The first-order valence-corrected chi connectivity index (χ1v) is 22.1. The summed E-state index contributed by atoms with van der Waals surface area (Å²) in [6.45, 7) is 19.0. The summed E-state index contributed by atoms with van der Waals surface area (Å²) in [5.41, 5.74) is -3.49. The molecule has 3 heterocycles. The maximum Gasteiger partial charge on any atom is 0.302 e. The van der Waals surface area contributed by atoms with Crippen molar-refractivity contribution in [1.82, 2.24) is 0 Å². The Balaban J connectivity index is 1.27. The van der Waals surface area contributed by atoms with Crippen LogP contribution in [0.3, 0.4) is 0 Å². The quantitative estimate of drug-likeness (QED) is 0.129. The monoisotopic (exact) mass is 843 g/mol. The minimum absolute atomic E-state index is 0.0340. The Hall–Kier alpha value is -1.05. The fraction of sp³-hybridized carbons (Fsp3) is 0.977. The first kappa shape index (κ1) is 46.0. The van der Waals surface area contributed by atoms with Crippen LogP contribution in [0.4, 0.5) is 0 Å². The zero-order valence-corrected chi connectivity index (χ0v) is 36.7. The fourth-order valence-corrected chi connectivity index (χ4v) is 14.3. The Morgan fingerprint density at radius 2 is 1.46 bits per heavy atom. The molecule has 22 atom stereocenters. The van der Waals surface area contributed by atoms with Crippen molar-refractivity contribution in [2.45, 2.75) is 218 Å². The van der Waals surface area contributed by atoms with Gasteiger partial charge < -0.3 is 69.3 Å². The average molecular weight is 843 g/mol. The van der Waals surface area contributed by atoms with E-state index in [4.69, 9.17) is 28.4 Å². The smallest absolute Gasteiger partial charge is 0.302 e. The summed E-state index contributed by atoms with van der Waals surface area (Å²) < 4.78 is 37.5. The van der Waals surface area contributed by atoms with Crippen molar-refractivity contribution in [2.24, 2.45) is 45.3 Å². The van der Waals surface area contributed by atoms with Gasteiger partial charge in [0.15, 0.2) is 12.6 Å². The van der Waals surface area contributed by atoms with Gasteiger partial charge in [-0.25, -0.2) is 0 Å². The predicted molar refractivity (Wildman–Crippen MR) is 210 cm³/mol. The maximum absolute atomic E-state index is 12.4. The molecule has 7 rings (SSSR count). The van der Waals surface area contributed by atoms with E-state index in [-0.39, 0.29) is 35.2 Å². The molecular weight excluding hydrogens is 768 g/mol. The highest BCUT2D eigenvalue weighted by molar-refractivity contribution is 5.65. The fourth-order valence-electron chi connectivity index (χ4n) is 14.3. The third-order valence-electron chi connectivity index (χ3n) is 17.6. The highest BCUT2D eigenvalue weighted by atomic mass is 16.8. The number of carbonyl (C=O) groups excluding carboxylic acids is 1. The van der Waals surface area contributed by atoms with Gasteiger partial charge in [-0.15, -0.1) is 0 Å². The highest BCUT2D eigenvalue weighted by Gasteiger charge is 2.74. The number of carbonyl (C=O) groups is 1. The van der Waals surface area contributed by atoms with Crippen LogP contribution in [0.1, 0.15) is 121 Å². The first-order valence-electron chi connectivity index (χ1n) is 22.1. The van der Waals surface area contributed by atoms with Crippen molar-refractivity contribution in [3.8, 4) is 0 Å². The predicted octanol–water partition coefficient (Wildman–Crippen LogP) is 1.93. The molecule has 7 fully saturated rings. The van der Waals surface area contributed by atoms with Crippen molar-refractivity contribution in [2.75, 3.05) is 6.61 Å². The van der Waals surface area contributed by atoms with Crippen molar-refractivity contribution in [1.29, 1.82) is 0 Å². The summed E-state index contributed by atoms with van der Waals surface area (Å²) in [5.74, 6) is -0.947. The average Bonchev–Trinajstić information content (AvgIpc) is 3.74. The van der Waals surface area contributed by atoms with Crippen molar-refractivity contribution in [3.05, 3.63) is 0 Å². The van der Waals surface area contributed by atoms with E-state index in [1.54, 1.807) is 13.8 Å². The lowest BCUT2D eigenvalue weighted by molar-refractivity contribution is -0.382. The van der Waals surface area contributed by atoms with Crippen LogP contribution in [0.5, 0.6) is 0 Å². The summed E-state index contributed by atoms with van der Waals surface area (Å²) in [4.78, 5) is 11.9.